The molecule has 1 heterocycles. The molecule has 0 unspecified atom stereocenters. The summed E-state index contributed by atoms with van der Waals surface area (Å²) in [5.41, 5.74) is 0.721. The number of hydrogen-bond donors (Lipinski definition) is 0. The Morgan fingerprint density at radius 1 is 1.14 bits per heavy atom. The van der Waals surface area contributed by atoms with E-state index in [4.69, 9.17) is 0 Å². The van der Waals surface area contributed by atoms with Crippen LogP contribution in [-0.4, -0.2) is 56.1 Å². The third-order valence-electron chi connectivity index (χ3n) is 3.84. The van der Waals surface area contributed by atoms with Crippen molar-refractivity contribution in [1.82, 2.24) is 9.21 Å². The van der Waals surface area contributed by atoms with Gasteiger partial charge in [-0.1, -0.05) is 25.1 Å². The van der Waals surface area contributed by atoms with Gasteiger partial charge in [0.15, 0.2) is 0 Å². The molecule has 0 bridgehead atoms. The molecule has 4 nitrogen and oxygen atoms in total. The molecular weight excluding hydrogens is 291 g/mol. The van der Waals surface area contributed by atoms with Crippen LogP contribution in [0.3, 0.4) is 0 Å². The summed E-state index contributed by atoms with van der Waals surface area (Å²) < 4.78 is 39.1. The van der Waals surface area contributed by atoms with Gasteiger partial charge in [-0.2, -0.15) is 4.31 Å². The first-order valence-corrected chi connectivity index (χ1v) is 9.07. The maximum Gasteiger partial charge on any atom is 0.214 e. The van der Waals surface area contributed by atoms with Gasteiger partial charge in [0.2, 0.25) is 10.0 Å². The lowest BCUT2D eigenvalue weighted by atomic mass is 10.1. The van der Waals surface area contributed by atoms with E-state index in [0.717, 1.165) is 25.2 Å². The smallest absolute Gasteiger partial charge is 0.214 e. The Morgan fingerprint density at radius 2 is 1.81 bits per heavy atom. The summed E-state index contributed by atoms with van der Waals surface area (Å²) in [6, 6.07) is 6.81. The summed E-state index contributed by atoms with van der Waals surface area (Å²) in [6.45, 7) is 5.17. The Balaban J connectivity index is 1.81. The van der Waals surface area contributed by atoms with Crippen LogP contribution in [0, 0.1) is 5.82 Å². The number of rotatable bonds is 6. The van der Waals surface area contributed by atoms with Crippen molar-refractivity contribution in [3.63, 3.8) is 0 Å². The number of sulfonamides is 1. The molecule has 0 atom stereocenters. The van der Waals surface area contributed by atoms with E-state index >= 15 is 0 Å². The molecule has 0 radical (unpaired) electrons. The van der Waals surface area contributed by atoms with E-state index in [-0.39, 0.29) is 11.6 Å². The fourth-order valence-corrected chi connectivity index (χ4v) is 4.09. The molecule has 0 amide bonds. The van der Waals surface area contributed by atoms with Crippen LogP contribution in [0.4, 0.5) is 4.39 Å². The molecule has 1 saturated heterocycles. The Labute approximate surface area is 126 Å². The fourth-order valence-electron chi connectivity index (χ4n) is 2.60. The van der Waals surface area contributed by atoms with Crippen LogP contribution in [0.1, 0.15) is 18.9 Å². The van der Waals surface area contributed by atoms with E-state index in [0.29, 0.717) is 25.9 Å². The summed E-state index contributed by atoms with van der Waals surface area (Å²) >= 11 is 0. The maximum absolute atomic E-state index is 13.5. The molecule has 118 valence electrons. The minimum atomic E-state index is -3.08. The zero-order valence-electron chi connectivity index (χ0n) is 12.5. The van der Waals surface area contributed by atoms with Gasteiger partial charge in [-0.05, 0) is 24.5 Å². The van der Waals surface area contributed by atoms with Crippen LogP contribution in [0.25, 0.3) is 0 Å². The highest BCUT2D eigenvalue weighted by molar-refractivity contribution is 7.89. The van der Waals surface area contributed by atoms with Crippen molar-refractivity contribution >= 4 is 10.0 Å². The van der Waals surface area contributed by atoms with E-state index < -0.39 is 10.0 Å². The van der Waals surface area contributed by atoms with Crippen LogP contribution in [0.15, 0.2) is 24.3 Å². The van der Waals surface area contributed by atoms with Crippen molar-refractivity contribution in [2.45, 2.75) is 19.8 Å². The highest BCUT2D eigenvalue weighted by Gasteiger charge is 2.25. The summed E-state index contributed by atoms with van der Waals surface area (Å²) in [6.07, 6.45) is 1.31. The molecule has 0 aromatic heterocycles. The van der Waals surface area contributed by atoms with Gasteiger partial charge >= 0.3 is 0 Å². The van der Waals surface area contributed by atoms with Crippen molar-refractivity contribution < 1.29 is 12.8 Å². The third kappa shape index (κ3) is 4.49. The zero-order valence-corrected chi connectivity index (χ0v) is 13.3. The Hall–Kier alpha value is -0.980. The van der Waals surface area contributed by atoms with Crippen LogP contribution in [-0.2, 0) is 16.4 Å². The quantitative estimate of drug-likeness (QED) is 0.803. The molecule has 1 aromatic carbocycles. The number of hydrogen-bond acceptors (Lipinski definition) is 3. The molecule has 0 saturated carbocycles. The Kier molecular flexibility index (Phi) is 5.72. The van der Waals surface area contributed by atoms with Crippen molar-refractivity contribution in [2.24, 2.45) is 0 Å². The van der Waals surface area contributed by atoms with E-state index in [2.05, 4.69) is 4.90 Å². The van der Waals surface area contributed by atoms with Gasteiger partial charge in [0.05, 0.1) is 5.75 Å². The summed E-state index contributed by atoms with van der Waals surface area (Å²) in [5.74, 6) is 0.0593. The van der Waals surface area contributed by atoms with Crippen molar-refractivity contribution in [1.29, 1.82) is 0 Å². The second-order valence-corrected chi connectivity index (χ2v) is 7.49. The number of benzene rings is 1. The lowest BCUT2D eigenvalue weighted by molar-refractivity contribution is 0.190. The van der Waals surface area contributed by atoms with Gasteiger partial charge in [0.25, 0.3) is 0 Å². The second kappa shape index (κ2) is 7.33. The standard InChI is InChI=1S/C15H23FN2O2S/c1-2-13-21(19,20)18-11-9-17(10-12-18)8-7-14-5-3-4-6-15(14)16/h3-6H,2,7-13H2,1H3. The molecule has 1 aliphatic heterocycles. The van der Waals surface area contributed by atoms with E-state index in [1.807, 2.05) is 13.0 Å². The Morgan fingerprint density at radius 3 is 2.43 bits per heavy atom. The summed E-state index contributed by atoms with van der Waals surface area (Å²) in [4.78, 5) is 2.20. The van der Waals surface area contributed by atoms with Crippen molar-refractivity contribution in [2.75, 3.05) is 38.5 Å². The van der Waals surface area contributed by atoms with Gasteiger partial charge in [-0.25, -0.2) is 12.8 Å². The normalized spacial score (nSPS) is 18.0. The third-order valence-corrected chi connectivity index (χ3v) is 5.92. The average molecular weight is 314 g/mol. The largest absolute Gasteiger partial charge is 0.300 e. The molecule has 0 spiro atoms. The van der Waals surface area contributed by atoms with Crippen LogP contribution in [0.2, 0.25) is 0 Å². The highest BCUT2D eigenvalue weighted by Crippen LogP contribution is 2.11. The Bertz CT molecular complexity index is 555. The van der Waals surface area contributed by atoms with Gasteiger partial charge in [0, 0.05) is 32.7 Å². The topological polar surface area (TPSA) is 40.6 Å². The van der Waals surface area contributed by atoms with E-state index in [1.54, 1.807) is 16.4 Å². The number of nitrogens with zero attached hydrogens (tertiary/aromatic N) is 2. The van der Waals surface area contributed by atoms with Gasteiger partial charge in [0.1, 0.15) is 5.82 Å². The van der Waals surface area contributed by atoms with E-state index in [9.17, 15) is 12.8 Å². The molecule has 2 rings (SSSR count). The number of piperazine rings is 1. The van der Waals surface area contributed by atoms with Gasteiger partial charge in [-0.3, -0.25) is 0 Å². The SMILES string of the molecule is CCCS(=O)(=O)N1CCN(CCc2ccccc2F)CC1. The van der Waals surface area contributed by atoms with Crippen molar-refractivity contribution in [3.8, 4) is 0 Å². The monoisotopic (exact) mass is 314 g/mol. The van der Waals surface area contributed by atoms with Gasteiger partial charge in [-0.15, -0.1) is 0 Å². The molecular formula is C15H23FN2O2S. The summed E-state index contributed by atoms with van der Waals surface area (Å²) in [5, 5.41) is 0. The maximum atomic E-state index is 13.5. The van der Waals surface area contributed by atoms with Crippen LogP contribution < -0.4 is 0 Å². The molecule has 1 aliphatic rings. The molecule has 0 N–H and O–H groups in total. The minimum Gasteiger partial charge on any atom is -0.300 e. The first-order valence-electron chi connectivity index (χ1n) is 7.46. The second-order valence-electron chi connectivity index (χ2n) is 5.40. The lowest BCUT2D eigenvalue weighted by Gasteiger charge is -2.34. The van der Waals surface area contributed by atoms with Crippen molar-refractivity contribution in [3.05, 3.63) is 35.6 Å². The molecule has 21 heavy (non-hydrogen) atoms. The first kappa shape index (κ1) is 16.4. The zero-order chi connectivity index (χ0) is 15.3. The molecule has 0 aliphatic carbocycles. The fraction of sp³-hybridized carbons (Fsp3) is 0.600. The van der Waals surface area contributed by atoms with Crippen LogP contribution in [0.5, 0.6) is 0 Å². The first-order chi connectivity index (χ1) is 10.0. The number of halogens is 1. The predicted molar refractivity (Wildman–Crippen MR) is 82.2 cm³/mol. The van der Waals surface area contributed by atoms with Gasteiger partial charge < -0.3 is 4.90 Å². The van der Waals surface area contributed by atoms with Crippen LogP contribution >= 0.6 is 0 Å². The summed E-state index contributed by atoms with van der Waals surface area (Å²) in [7, 11) is -3.08. The lowest BCUT2D eigenvalue weighted by Crippen LogP contribution is -2.49. The average Bonchev–Trinajstić information content (AvgIpc) is 2.47. The predicted octanol–water partition coefficient (Wildman–Crippen LogP) is 1.73. The van der Waals surface area contributed by atoms with E-state index in [1.165, 1.54) is 6.07 Å². The highest BCUT2D eigenvalue weighted by atomic mass is 32.2. The minimum absolute atomic E-state index is 0.165. The molecule has 1 aromatic rings. The molecule has 1 fully saturated rings. The molecule has 6 heteroatoms.